The van der Waals surface area contributed by atoms with Crippen molar-refractivity contribution in [1.29, 1.82) is 0 Å². The van der Waals surface area contributed by atoms with Crippen molar-refractivity contribution in [1.82, 2.24) is 0 Å². The van der Waals surface area contributed by atoms with Gasteiger partial charge in [0.05, 0.1) is 5.69 Å². The van der Waals surface area contributed by atoms with Crippen molar-refractivity contribution in [2.75, 3.05) is 5.32 Å². The van der Waals surface area contributed by atoms with Crippen molar-refractivity contribution in [2.24, 2.45) is 0 Å². The molecule has 22 heavy (non-hydrogen) atoms. The molecule has 3 rings (SSSR count). The third-order valence-corrected chi connectivity index (χ3v) is 3.63. The number of amides is 1. The Bertz CT molecular complexity index is 811. The summed E-state index contributed by atoms with van der Waals surface area (Å²) in [7, 11) is 0. The molecule has 0 aliphatic carbocycles. The van der Waals surface area contributed by atoms with Gasteiger partial charge in [0.15, 0.2) is 0 Å². The summed E-state index contributed by atoms with van der Waals surface area (Å²) in [5.41, 5.74) is 1.58. The van der Waals surface area contributed by atoms with Gasteiger partial charge >= 0.3 is 0 Å². The molecule has 0 saturated carbocycles. The predicted molar refractivity (Wildman–Crippen MR) is 89.0 cm³/mol. The molecule has 0 saturated heterocycles. The van der Waals surface area contributed by atoms with E-state index in [0.29, 0.717) is 18.5 Å². The van der Waals surface area contributed by atoms with E-state index in [2.05, 4.69) is 35.6 Å². The normalized spacial score (nSPS) is 10.5. The zero-order valence-corrected chi connectivity index (χ0v) is 12.1. The molecular formula is C19H17NO2. The van der Waals surface area contributed by atoms with Gasteiger partial charge in [-0.15, -0.1) is 0 Å². The maximum atomic E-state index is 12.0. The van der Waals surface area contributed by atoms with Crippen LogP contribution in [0.1, 0.15) is 12.0 Å². The van der Waals surface area contributed by atoms with Gasteiger partial charge in [0, 0.05) is 6.42 Å². The molecule has 0 fully saturated rings. The summed E-state index contributed by atoms with van der Waals surface area (Å²) in [6.45, 7) is 0. The second-order valence-electron chi connectivity index (χ2n) is 5.25. The SMILES string of the molecule is O=C(CCc1ccc2ccccc2c1)Nc1ccccc1O. The molecule has 0 aromatic heterocycles. The van der Waals surface area contributed by atoms with Gasteiger partial charge in [0.25, 0.3) is 0 Å². The number of aryl methyl sites for hydroxylation is 1. The molecule has 2 N–H and O–H groups in total. The minimum absolute atomic E-state index is 0.0848. The molecule has 0 aliphatic heterocycles. The number of aromatic hydroxyl groups is 1. The highest BCUT2D eigenvalue weighted by atomic mass is 16.3. The van der Waals surface area contributed by atoms with Crippen molar-refractivity contribution in [2.45, 2.75) is 12.8 Å². The van der Waals surface area contributed by atoms with Gasteiger partial charge in [-0.25, -0.2) is 0 Å². The zero-order chi connectivity index (χ0) is 15.4. The van der Waals surface area contributed by atoms with Crippen LogP contribution in [0.25, 0.3) is 10.8 Å². The summed E-state index contributed by atoms with van der Waals surface area (Å²) < 4.78 is 0. The average molecular weight is 291 g/mol. The van der Waals surface area contributed by atoms with E-state index in [9.17, 15) is 9.90 Å². The molecule has 0 aliphatic rings. The molecule has 0 spiro atoms. The summed E-state index contributed by atoms with van der Waals surface area (Å²) in [6, 6.07) is 21.1. The summed E-state index contributed by atoms with van der Waals surface area (Å²) >= 11 is 0. The molecule has 3 nitrogen and oxygen atoms in total. The standard InChI is InChI=1S/C19H17NO2/c21-18-8-4-3-7-17(18)20-19(22)12-10-14-9-11-15-5-1-2-6-16(15)13-14/h1-9,11,13,21H,10,12H2,(H,20,22). The minimum Gasteiger partial charge on any atom is -0.506 e. The number of para-hydroxylation sites is 2. The van der Waals surface area contributed by atoms with Crippen LogP contribution >= 0.6 is 0 Å². The van der Waals surface area contributed by atoms with E-state index in [1.165, 1.54) is 10.8 Å². The maximum absolute atomic E-state index is 12.0. The number of phenolic OH excluding ortho intramolecular Hbond substituents is 1. The zero-order valence-electron chi connectivity index (χ0n) is 12.1. The third-order valence-electron chi connectivity index (χ3n) is 3.63. The molecule has 110 valence electrons. The number of hydrogen-bond acceptors (Lipinski definition) is 2. The fourth-order valence-electron chi connectivity index (χ4n) is 2.44. The number of nitrogens with one attached hydrogen (secondary N) is 1. The van der Waals surface area contributed by atoms with E-state index in [-0.39, 0.29) is 11.7 Å². The van der Waals surface area contributed by atoms with Gasteiger partial charge < -0.3 is 10.4 Å². The lowest BCUT2D eigenvalue weighted by atomic mass is 10.0. The van der Waals surface area contributed by atoms with Crippen LogP contribution in [0.3, 0.4) is 0 Å². The Morgan fingerprint density at radius 3 is 2.45 bits per heavy atom. The van der Waals surface area contributed by atoms with Crippen molar-refractivity contribution < 1.29 is 9.90 Å². The lowest BCUT2D eigenvalue weighted by molar-refractivity contribution is -0.116. The number of phenols is 1. The molecular weight excluding hydrogens is 274 g/mol. The maximum Gasteiger partial charge on any atom is 0.224 e. The number of fused-ring (bicyclic) bond motifs is 1. The van der Waals surface area contributed by atoms with Gasteiger partial charge in [0.1, 0.15) is 5.75 Å². The molecule has 3 heteroatoms. The first-order chi connectivity index (χ1) is 10.7. The van der Waals surface area contributed by atoms with Crippen molar-refractivity contribution in [3.63, 3.8) is 0 Å². The van der Waals surface area contributed by atoms with Gasteiger partial charge in [-0.05, 0) is 34.9 Å². The summed E-state index contributed by atoms with van der Waals surface area (Å²) in [4.78, 5) is 12.0. The van der Waals surface area contributed by atoms with Gasteiger partial charge in [-0.2, -0.15) is 0 Å². The second-order valence-corrected chi connectivity index (χ2v) is 5.25. The van der Waals surface area contributed by atoms with E-state index in [1.807, 2.05) is 12.1 Å². The highest BCUT2D eigenvalue weighted by Crippen LogP contribution is 2.22. The highest BCUT2D eigenvalue weighted by molar-refractivity contribution is 5.92. The quantitative estimate of drug-likeness (QED) is 0.710. The number of hydrogen-bond donors (Lipinski definition) is 2. The Kier molecular flexibility index (Phi) is 4.05. The first-order valence-corrected chi connectivity index (χ1v) is 7.28. The Morgan fingerprint density at radius 1 is 0.909 bits per heavy atom. The first-order valence-electron chi connectivity index (χ1n) is 7.28. The van der Waals surface area contributed by atoms with Crippen LogP contribution in [0.5, 0.6) is 5.75 Å². The Labute approximate surface area is 129 Å². The lowest BCUT2D eigenvalue weighted by Crippen LogP contribution is -2.12. The highest BCUT2D eigenvalue weighted by Gasteiger charge is 2.06. The van der Waals surface area contributed by atoms with E-state index in [1.54, 1.807) is 24.3 Å². The van der Waals surface area contributed by atoms with Crippen LogP contribution in [-0.2, 0) is 11.2 Å². The van der Waals surface area contributed by atoms with Gasteiger partial charge in [0.2, 0.25) is 5.91 Å². The average Bonchev–Trinajstić information content (AvgIpc) is 2.55. The van der Waals surface area contributed by atoms with E-state index in [4.69, 9.17) is 0 Å². The number of benzene rings is 3. The van der Waals surface area contributed by atoms with E-state index >= 15 is 0 Å². The van der Waals surface area contributed by atoms with Crippen LogP contribution in [0, 0.1) is 0 Å². The fraction of sp³-hybridized carbons (Fsp3) is 0.105. The number of carbonyl (C=O) groups excluding carboxylic acids is 1. The largest absolute Gasteiger partial charge is 0.506 e. The number of carbonyl (C=O) groups is 1. The molecule has 0 unspecified atom stereocenters. The molecule has 0 bridgehead atoms. The van der Waals surface area contributed by atoms with Crippen LogP contribution < -0.4 is 5.32 Å². The predicted octanol–water partition coefficient (Wildman–Crippen LogP) is 4.12. The minimum atomic E-state index is -0.102. The van der Waals surface area contributed by atoms with Crippen molar-refractivity contribution in [3.05, 3.63) is 72.3 Å². The van der Waals surface area contributed by atoms with Crippen LogP contribution in [0.4, 0.5) is 5.69 Å². The molecule has 0 heterocycles. The molecule has 3 aromatic carbocycles. The van der Waals surface area contributed by atoms with Crippen LogP contribution in [-0.4, -0.2) is 11.0 Å². The third kappa shape index (κ3) is 3.26. The van der Waals surface area contributed by atoms with Gasteiger partial charge in [-0.3, -0.25) is 4.79 Å². The van der Waals surface area contributed by atoms with Crippen molar-refractivity contribution >= 4 is 22.4 Å². The van der Waals surface area contributed by atoms with Gasteiger partial charge in [-0.1, -0.05) is 54.6 Å². The van der Waals surface area contributed by atoms with E-state index < -0.39 is 0 Å². The fourth-order valence-corrected chi connectivity index (χ4v) is 2.44. The Morgan fingerprint density at radius 2 is 1.64 bits per heavy atom. The Hall–Kier alpha value is -2.81. The first kappa shape index (κ1) is 14.1. The van der Waals surface area contributed by atoms with E-state index in [0.717, 1.165) is 5.56 Å². The van der Waals surface area contributed by atoms with Crippen LogP contribution in [0.15, 0.2) is 66.7 Å². The smallest absolute Gasteiger partial charge is 0.224 e. The summed E-state index contributed by atoms with van der Waals surface area (Å²) in [5, 5.41) is 14.8. The number of anilines is 1. The van der Waals surface area contributed by atoms with Crippen LogP contribution in [0.2, 0.25) is 0 Å². The molecule has 3 aromatic rings. The summed E-state index contributed by atoms with van der Waals surface area (Å²) in [5.74, 6) is -0.0174. The molecule has 0 atom stereocenters. The molecule has 0 radical (unpaired) electrons. The van der Waals surface area contributed by atoms with Crippen molar-refractivity contribution in [3.8, 4) is 5.75 Å². The Balaban J connectivity index is 1.63. The lowest BCUT2D eigenvalue weighted by Gasteiger charge is -2.07. The number of rotatable bonds is 4. The second kappa shape index (κ2) is 6.31. The summed E-state index contributed by atoms with van der Waals surface area (Å²) in [6.07, 6.45) is 1.05. The monoisotopic (exact) mass is 291 g/mol. The topological polar surface area (TPSA) is 49.3 Å². The molecule has 1 amide bonds.